The lowest BCUT2D eigenvalue weighted by Gasteiger charge is -2.18. The number of nitrogens with zero attached hydrogens (tertiary/aromatic N) is 1. The number of unbranched alkanes of at least 4 members (excludes halogenated alkanes) is 1. The van der Waals surface area contributed by atoms with Crippen molar-refractivity contribution in [2.24, 2.45) is 5.73 Å². The van der Waals surface area contributed by atoms with Gasteiger partial charge in [-0.1, -0.05) is 0 Å². The number of aromatic nitrogens is 2. The van der Waals surface area contributed by atoms with E-state index in [1.807, 2.05) is 0 Å². The Morgan fingerprint density at radius 2 is 2.19 bits per heavy atom. The number of aldehydes is 1. The number of carbonyl (C=O) groups is 1. The third-order valence-electron chi connectivity index (χ3n) is 3.22. The number of allylic oxidation sites excluding steroid dienone is 1. The number of aromatic amines is 1. The molecule has 0 saturated heterocycles. The Kier molecular flexibility index (Phi) is 4.71. The van der Waals surface area contributed by atoms with Gasteiger partial charge < -0.3 is 15.6 Å². The first kappa shape index (κ1) is 15.2. The van der Waals surface area contributed by atoms with E-state index < -0.39 is 23.6 Å². The van der Waals surface area contributed by atoms with Crippen LogP contribution in [0.1, 0.15) is 24.6 Å². The number of aliphatic hydroxyl groups excluding tert-OH is 1. The van der Waals surface area contributed by atoms with Crippen LogP contribution in [0.5, 0.6) is 0 Å². The number of rotatable bonds is 6. The summed E-state index contributed by atoms with van der Waals surface area (Å²) in [6.07, 6.45) is 2.76. The second kappa shape index (κ2) is 6.51. The molecule has 21 heavy (non-hydrogen) atoms. The van der Waals surface area contributed by atoms with Crippen molar-refractivity contribution in [3.05, 3.63) is 44.4 Å². The van der Waals surface area contributed by atoms with Gasteiger partial charge in [0, 0.05) is 11.8 Å². The SMILES string of the molecule is NCCCCc1cn(C2OC(C=O)=CC2O)c(=O)[nH]c1=O. The highest BCUT2D eigenvalue weighted by Crippen LogP contribution is 2.24. The molecular formula is C13H17N3O5. The van der Waals surface area contributed by atoms with Gasteiger partial charge in [-0.05, 0) is 31.9 Å². The average Bonchev–Trinajstić information content (AvgIpc) is 2.82. The van der Waals surface area contributed by atoms with Crippen LogP contribution in [0.25, 0.3) is 0 Å². The molecule has 2 atom stereocenters. The van der Waals surface area contributed by atoms with Crippen LogP contribution in [0.3, 0.4) is 0 Å². The first-order chi connectivity index (χ1) is 10.1. The molecule has 0 spiro atoms. The summed E-state index contributed by atoms with van der Waals surface area (Å²) in [5.41, 5.74) is 4.63. The maximum absolute atomic E-state index is 11.8. The van der Waals surface area contributed by atoms with Crippen LogP contribution in [0.15, 0.2) is 27.6 Å². The summed E-state index contributed by atoms with van der Waals surface area (Å²) in [6.45, 7) is 0.522. The average molecular weight is 295 g/mol. The second-order valence-electron chi connectivity index (χ2n) is 4.75. The fraction of sp³-hybridized carbons (Fsp3) is 0.462. The highest BCUT2D eigenvalue weighted by atomic mass is 16.5. The van der Waals surface area contributed by atoms with Gasteiger partial charge in [0.25, 0.3) is 5.56 Å². The molecule has 2 heterocycles. The molecule has 0 aromatic carbocycles. The van der Waals surface area contributed by atoms with E-state index in [4.69, 9.17) is 10.5 Å². The van der Waals surface area contributed by atoms with E-state index in [0.29, 0.717) is 31.2 Å². The monoisotopic (exact) mass is 295 g/mol. The second-order valence-corrected chi connectivity index (χ2v) is 4.75. The van der Waals surface area contributed by atoms with Crippen LogP contribution in [0.2, 0.25) is 0 Å². The molecule has 0 fully saturated rings. The van der Waals surface area contributed by atoms with Crippen molar-refractivity contribution in [1.29, 1.82) is 0 Å². The van der Waals surface area contributed by atoms with Crippen LogP contribution in [-0.2, 0) is 16.0 Å². The molecule has 0 saturated carbocycles. The van der Waals surface area contributed by atoms with E-state index >= 15 is 0 Å². The van der Waals surface area contributed by atoms with Gasteiger partial charge in [-0.25, -0.2) is 4.79 Å². The summed E-state index contributed by atoms with van der Waals surface area (Å²) in [5.74, 6) is -0.0460. The van der Waals surface area contributed by atoms with Crippen molar-refractivity contribution < 1.29 is 14.6 Å². The number of H-pyrrole nitrogens is 1. The maximum Gasteiger partial charge on any atom is 0.331 e. The Labute approximate surface area is 119 Å². The maximum atomic E-state index is 11.8. The summed E-state index contributed by atoms with van der Waals surface area (Å²) in [6, 6.07) is 0. The number of nitrogens with two attached hydrogens (primary N) is 1. The molecule has 8 nitrogen and oxygen atoms in total. The number of hydrogen-bond acceptors (Lipinski definition) is 6. The Morgan fingerprint density at radius 3 is 2.81 bits per heavy atom. The number of aryl methyl sites for hydroxylation is 1. The largest absolute Gasteiger partial charge is 0.464 e. The van der Waals surface area contributed by atoms with Crippen LogP contribution >= 0.6 is 0 Å². The van der Waals surface area contributed by atoms with Crippen molar-refractivity contribution >= 4 is 6.29 Å². The van der Waals surface area contributed by atoms with Gasteiger partial charge in [-0.2, -0.15) is 0 Å². The molecule has 0 radical (unpaired) electrons. The summed E-state index contributed by atoms with van der Waals surface area (Å²) >= 11 is 0. The standard InChI is InChI=1S/C13H17N3O5/c14-4-2-1-3-8-6-16(13(20)15-11(8)19)12-10(18)5-9(7-17)21-12/h5-7,10,12,18H,1-4,14H2,(H,15,19,20). The van der Waals surface area contributed by atoms with Gasteiger partial charge in [0.15, 0.2) is 12.0 Å². The number of carbonyl (C=O) groups excluding carboxylic acids is 1. The van der Waals surface area contributed by atoms with Gasteiger partial charge in [0.05, 0.1) is 0 Å². The lowest BCUT2D eigenvalue weighted by Crippen LogP contribution is -2.37. The minimum absolute atomic E-state index is 0.0460. The minimum Gasteiger partial charge on any atom is -0.464 e. The van der Waals surface area contributed by atoms with E-state index in [2.05, 4.69) is 4.98 Å². The Balaban J connectivity index is 2.28. The van der Waals surface area contributed by atoms with Crippen LogP contribution in [-0.4, -0.2) is 33.6 Å². The predicted molar refractivity (Wildman–Crippen MR) is 73.6 cm³/mol. The van der Waals surface area contributed by atoms with E-state index in [1.54, 1.807) is 0 Å². The Bertz CT molecular complexity index is 661. The van der Waals surface area contributed by atoms with E-state index in [1.165, 1.54) is 12.3 Å². The van der Waals surface area contributed by atoms with Crippen LogP contribution < -0.4 is 17.0 Å². The molecule has 0 bridgehead atoms. The van der Waals surface area contributed by atoms with Crippen molar-refractivity contribution in [3.8, 4) is 0 Å². The third kappa shape index (κ3) is 3.29. The number of ether oxygens (including phenoxy) is 1. The normalized spacial score (nSPS) is 21.0. The fourth-order valence-electron chi connectivity index (χ4n) is 2.14. The number of nitrogens with one attached hydrogen (secondary N) is 1. The summed E-state index contributed by atoms with van der Waals surface area (Å²) in [5, 5.41) is 9.81. The zero-order valence-electron chi connectivity index (χ0n) is 11.3. The topological polar surface area (TPSA) is 127 Å². The number of aliphatic hydroxyl groups is 1. The summed E-state index contributed by atoms with van der Waals surface area (Å²) in [7, 11) is 0. The van der Waals surface area contributed by atoms with Crippen LogP contribution in [0, 0.1) is 0 Å². The Morgan fingerprint density at radius 1 is 1.43 bits per heavy atom. The molecule has 1 aromatic rings. The van der Waals surface area contributed by atoms with Crippen molar-refractivity contribution in [3.63, 3.8) is 0 Å². The molecule has 0 aliphatic carbocycles. The third-order valence-corrected chi connectivity index (χ3v) is 3.22. The van der Waals surface area contributed by atoms with Gasteiger partial charge in [0.2, 0.25) is 6.23 Å². The van der Waals surface area contributed by atoms with E-state index in [0.717, 1.165) is 11.0 Å². The zero-order valence-corrected chi connectivity index (χ0v) is 11.3. The molecular weight excluding hydrogens is 278 g/mol. The molecule has 4 N–H and O–H groups in total. The first-order valence-corrected chi connectivity index (χ1v) is 6.63. The lowest BCUT2D eigenvalue weighted by molar-refractivity contribution is -0.109. The predicted octanol–water partition coefficient (Wildman–Crippen LogP) is -1.21. The van der Waals surface area contributed by atoms with E-state index in [-0.39, 0.29) is 5.76 Å². The minimum atomic E-state index is -1.13. The Hall–Kier alpha value is -2.19. The lowest BCUT2D eigenvalue weighted by atomic mass is 10.1. The smallest absolute Gasteiger partial charge is 0.331 e. The first-order valence-electron chi connectivity index (χ1n) is 6.63. The van der Waals surface area contributed by atoms with Gasteiger partial charge in [-0.3, -0.25) is 19.1 Å². The molecule has 0 amide bonds. The molecule has 2 rings (SSSR count). The van der Waals surface area contributed by atoms with Gasteiger partial charge in [-0.15, -0.1) is 0 Å². The molecule has 114 valence electrons. The highest BCUT2D eigenvalue weighted by Gasteiger charge is 2.30. The zero-order chi connectivity index (χ0) is 15.4. The summed E-state index contributed by atoms with van der Waals surface area (Å²) in [4.78, 5) is 36.4. The number of hydrogen-bond donors (Lipinski definition) is 3. The quantitative estimate of drug-likeness (QED) is 0.446. The van der Waals surface area contributed by atoms with Crippen molar-refractivity contribution in [2.75, 3.05) is 6.54 Å². The molecule has 1 aliphatic heterocycles. The van der Waals surface area contributed by atoms with Gasteiger partial charge >= 0.3 is 5.69 Å². The fourth-order valence-corrected chi connectivity index (χ4v) is 2.14. The van der Waals surface area contributed by atoms with Gasteiger partial charge in [0.1, 0.15) is 6.10 Å². The highest BCUT2D eigenvalue weighted by molar-refractivity contribution is 5.71. The van der Waals surface area contributed by atoms with Crippen molar-refractivity contribution in [2.45, 2.75) is 31.6 Å². The molecule has 2 unspecified atom stereocenters. The van der Waals surface area contributed by atoms with E-state index in [9.17, 15) is 19.5 Å². The molecule has 8 heteroatoms. The van der Waals surface area contributed by atoms with Crippen LogP contribution in [0.4, 0.5) is 0 Å². The summed E-state index contributed by atoms with van der Waals surface area (Å²) < 4.78 is 6.25. The molecule has 1 aliphatic rings. The molecule has 1 aromatic heterocycles. The van der Waals surface area contributed by atoms with Crippen molar-refractivity contribution in [1.82, 2.24) is 9.55 Å².